The Balaban J connectivity index is 2.15. The van der Waals surface area contributed by atoms with Crippen LogP contribution in [0.25, 0.3) is 0 Å². The second-order valence-electron chi connectivity index (χ2n) is 4.20. The first-order chi connectivity index (χ1) is 9.11. The van der Waals surface area contributed by atoms with Gasteiger partial charge in [-0.2, -0.15) is 5.26 Å². The van der Waals surface area contributed by atoms with E-state index in [2.05, 4.69) is 0 Å². The van der Waals surface area contributed by atoms with Gasteiger partial charge in [0.1, 0.15) is 24.2 Å². The van der Waals surface area contributed by atoms with Crippen molar-refractivity contribution >= 4 is 5.69 Å². The van der Waals surface area contributed by atoms with Gasteiger partial charge in [0.25, 0.3) is 0 Å². The van der Waals surface area contributed by atoms with E-state index in [1.54, 1.807) is 18.2 Å². The molecule has 3 nitrogen and oxygen atoms in total. The van der Waals surface area contributed by atoms with E-state index in [0.717, 1.165) is 11.1 Å². The lowest BCUT2D eigenvalue weighted by atomic mass is 10.1. The zero-order valence-corrected chi connectivity index (χ0v) is 10.5. The molecular formula is C15H13FN2O. The van der Waals surface area contributed by atoms with E-state index in [0.29, 0.717) is 11.4 Å². The highest BCUT2D eigenvalue weighted by Gasteiger charge is 2.05. The average molecular weight is 256 g/mol. The molecule has 0 aliphatic heterocycles. The number of para-hydroxylation sites is 1. The molecule has 0 aliphatic carbocycles. The van der Waals surface area contributed by atoms with Crippen molar-refractivity contribution in [1.82, 2.24) is 0 Å². The molecule has 0 radical (unpaired) electrons. The Hall–Kier alpha value is -2.54. The molecule has 0 aromatic heterocycles. The van der Waals surface area contributed by atoms with E-state index >= 15 is 0 Å². The number of nitrogen functional groups attached to an aromatic ring is 1. The fourth-order valence-corrected chi connectivity index (χ4v) is 1.69. The van der Waals surface area contributed by atoms with Gasteiger partial charge in [-0.15, -0.1) is 0 Å². The first kappa shape index (κ1) is 12.9. The minimum Gasteiger partial charge on any atom is -0.487 e. The highest BCUT2D eigenvalue weighted by atomic mass is 19.1. The lowest BCUT2D eigenvalue weighted by Crippen LogP contribution is -2.00. The van der Waals surface area contributed by atoms with Crippen molar-refractivity contribution in [1.29, 1.82) is 5.26 Å². The molecule has 0 amide bonds. The second-order valence-corrected chi connectivity index (χ2v) is 4.20. The van der Waals surface area contributed by atoms with Crippen molar-refractivity contribution in [2.75, 3.05) is 5.73 Å². The van der Waals surface area contributed by atoms with Gasteiger partial charge >= 0.3 is 0 Å². The van der Waals surface area contributed by atoms with Gasteiger partial charge in [0.2, 0.25) is 0 Å². The molecule has 0 fully saturated rings. The van der Waals surface area contributed by atoms with Crippen LogP contribution >= 0.6 is 0 Å². The third-order valence-corrected chi connectivity index (χ3v) is 2.83. The maximum absolute atomic E-state index is 13.2. The summed E-state index contributed by atoms with van der Waals surface area (Å²) in [6, 6.07) is 11.6. The van der Waals surface area contributed by atoms with Crippen LogP contribution in [0, 0.1) is 24.1 Å². The van der Waals surface area contributed by atoms with Crippen LogP contribution in [0.4, 0.5) is 10.1 Å². The first-order valence-electron chi connectivity index (χ1n) is 5.78. The van der Waals surface area contributed by atoms with Crippen LogP contribution in [0.2, 0.25) is 0 Å². The van der Waals surface area contributed by atoms with E-state index in [1.165, 1.54) is 12.1 Å². The highest BCUT2D eigenvalue weighted by molar-refractivity contribution is 5.57. The molecule has 0 bridgehead atoms. The van der Waals surface area contributed by atoms with E-state index in [-0.39, 0.29) is 12.2 Å². The molecule has 0 atom stereocenters. The van der Waals surface area contributed by atoms with E-state index in [1.807, 2.05) is 19.1 Å². The molecule has 0 heterocycles. The minimum atomic E-state index is -0.527. The average Bonchev–Trinajstić information content (AvgIpc) is 2.42. The molecule has 0 aliphatic rings. The van der Waals surface area contributed by atoms with Gasteiger partial charge in [-0.3, -0.25) is 0 Å². The molecule has 2 aromatic rings. The molecule has 2 aromatic carbocycles. The van der Waals surface area contributed by atoms with Crippen molar-refractivity contribution in [2.45, 2.75) is 13.5 Å². The molecule has 19 heavy (non-hydrogen) atoms. The number of hydrogen-bond donors (Lipinski definition) is 1. The van der Waals surface area contributed by atoms with Crippen molar-refractivity contribution in [2.24, 2.45) is 0 Å². The number of aryl methyl sites for hydroxylation is 1. The zero-order chi connectivity index (χ0) is 13.8. The summed E-state index contributed by atoms with van der Waals surface area (Å²) in [5, 5.41) is 8.76. The van der Waals surface area contributed by atoms with Crippen molar-refractivity contribution < 1.29 is 9.13 Å². The van der Waals surface area contributed by atoms with Gasteiger partial charge in [-0.1, -0.05) is 18.2 Å². The lowest BCUT2D eigenvalue weighted by Gasteiger charge is -2.10. The third kappa shape index (κ3) is 2.83. The summed E-state index contributed by atoms with van der Waals surface area (Å²) in [5.74, 6) is 0.0594. The summed E-state index contributed by atoms with van der Waals surface area (Å²) in [6.07, 6.45) is 0. The van der Waals surface area contributed by atoms with Crippen LogP contribution in [-0.4, -0.2) is 0 Å². The van der Waals surface area contributed by atoms with Gasteiger partial charge in [-0.25, -0.2) is 4.39 Å². The molecule has 0 saturated heterocycles. The van der Waals surface area contributed by atoms with E-state index in [9.17, 15) is 4.39 Å². The SMILES string of the molecule is Cc1cccc(OCc2ccc(F)c(C#N)c2)c1N. The molecule has 0 spiro atoms. The zero-order valence-electron chi connectivity index (χ0n) is 10.5. The largest absolute Gasteiger partial charge is 0.487 e. The number of hydrogen-bond acceptors (Lipinski definition) is 3. The van der Waals surface area contributed by atoms with E-state index in [4.69, 9.17) is 15.7 Å². The number of nitrogens with two attached hydrogens (primary N) is 1. The number of nitriles is 1. The maximum atomic E-state index is 13.2. The maximum Gasteiger partial charge on any atom is 0.142 e. The predicted molar refractivity (Wildman–Crippen MR) is 71.0 cm³/mol. The fourth-order valence-electron chi connectivity index (χ4n) is 1.69. The Morgan fingerprint density at radius 2 is 2.11 bits per heavy atom. The van der Waals surface area contributed by atoms with Crippen molar-refractivity contribution in [3.8, 4) is 11.8 Å². The lowest BCUT2D eigenvalue weighted by molar-refractivity contribution is 0.307. The summed E-state index contributed by atoms with van der Waals surface area (Å²) in [7, 11) is 0. The Morgan fingerprint density at radius 3 is 2.84 bits per heavy atom. The standard InChI is InChI=1S/C15H13FN2O/c1-10-3-2-4-14(15(10)18)19-9-11-5-6-13(16)12(7-11)8-17/h2-7H,9,18H2,1H3. The van der Waals surface area contributed by atoms with Crippen LogP contribution in [0.1, 0.15) is 16.7 Å². The van der Waals surface area contributed by atoms with Gasteiger partial charge in [0.15, 0.2) is 0 Å². The fraction of sp³-hybridized carbons (Fsp3) is 0.133. The van der Waals surface area contributed by atoms with Crippen molar-refractivity contribution in [3.63, 3.8) is 0 Å². The Labute approximate surface area is 111 Å². The normalized spacial score (nSPS) is 9.95. The number of rotatable bonds is 3. The predicted octanol–water partition coefficient (Wildman–Crippen LogP) is 3.17. The summed E-state index contributed by atoms with van der Waals surface area (Å²) in [4.78, 5) is 0. The van der Waals surface area contributed by atoms with Crippen LogP contribution < -0.4 is 10.5 Å². The minimum absolute atomic E-state index is 0.0123. The van der Waals surface area contributed by atoms with E-state index < -0.39 is 5.82 Å². The number of nitrogens with zero attached hydrogens (tertiary/aromatic N) is 1. The van der Waals surface area contributed by atoms with Crippen molar-refractivity contribution in [3.05, 3.63) is 58.9 Å². The quantitative estimate of drug-likeness (QED) is 0.858. The molecule has 0 unspecified atom stereocenters. The molecular weight excluding hydrogens is 243 g/mol. The third-order valence-electron chi connectivity index (χ3n) is 2.83. The Morgan fingerprint density at radius 1 is 1.32 bits per heavy atom. The van der Waals surface area contributed by atoms with Gasteiger partial charge < -0.3 is 10.5 Å². The summed E-state index contributed by atoms with van der Waals surface area (Å²) in [5.41, 5.74) is 8.15. The van der Waals surface area contributed by atoms with Crippen LogP contribution in [0.5, 0.6) is 5.75 Å². The number of benzene rings is 2. The molecule has 96 valence electrons. The molecule has 0 saturated carbocycles. The summed E-state index contributed by atoms with van der Waals surface area (Å²) in [6.45, 7) is 2.14. The van der Waals surface area contributed by atoms with Gasteiger partial charge in [-0.05, 0) is 36.2 Å². The Kier molecular flexibility index (Phi) is 3.67. The molecule has 4 heteroatoms. The van der Waals surface area contributed by atoms with Gasteiger partial charge in [0, 0.05) is 0 Å². The number of anilines is 1. The summed E-state index contributed by atoms with van der Waals surface area (Å²) >= 11 is 0. The highest BCUT2D eigenvalue weighted by Crippen LogP contribution is 2.25. The second kappa shape index (κ2) is 5.40. The first-order valence-corrected chi connectivity index (χ1v) is 5.78. The topological polar surface area (TPSA) is 59.0 Å². The monoisotopic (exact) mass is 256 g/mol. The number of ether oxygens (including phenoxy) is 1. The van der Waals surface area contributed by atoms with Crippen LogP contribution in [0.15, 0.2) is 36.4 Å². The van der Waals surface area contributed by atoms with Crippen LogP contribution in [-0.2, 0) is 6.61 Å². The number of halogens is 1. The Bertz CT molecular complexity index is 647. The molecule has 2 rings (SSSR count). The smallest absolute Gasteiger partial charge is 0.142 e. The summed E-state index contributed by atoms with van der Waals surface area (Å²) < 4.78 is 18.8. The van der Waals surface area contributed by atoms with Crippen LogP contribution in [0.3, 0.4) is 0 Å². The van der Waals surface area contributed by atoms with Gasteiger partial charge in [0.05, 0.1) is 11.3 Å². The molecule has 2 N–H and O–H groups in total.